The summed E-state index contributed by atoms with van der Waals surface area (Å²) in [6.07, 6.45) is 4.23. The van der Waals surface area contributed by atoms with Crippen molar-refractivity contribution < 1.29 is 24.2 Å². The summed E-state index contributed by atoms with van der Waals surface area (Å²) in [5.74, 6) is 0.669. The third kappa shape index (κ3) is 6.93. The number of amides is 2. The lowest BCUT2D eigenvalue weighted by molar-refractivity contribution is 0.0922. The summed E-state index contributed by atoms with van der Waals surface area (Å²) >= 11 is 0. The summed E-state index contributed by atoms with van der Waals surface area (Å²) in [6, 6.07) is 14.6. The Bertz CT molecular complexity index is 1280. The van der Waals surface area contributed by atoms with E-state index in [9.17, 15) is 9.59 Å². The molecule has 4 rings (SSSR count). The first kappa shape index (κ1) is 24.9. The number of aromatic nitrogens is 2. The van der Waals surface area contributed by atoms with E-state index in [-0.39, 0.29) is 46.8 Å². The number of ether oxygens (including phenoxy) is 2. The number of nitrogens with zero attached hydrogens (tertiary/aromatic N) is 4. The number of carboxylic acid groups (broad SMARTS) is 1. The van der Waals surface area contributed by atoms with Gasteiger partial charge in [-0.05, 0) is 49.9 Å². The quantitative estimate of drug-likeness (QED) is 0.433. The molecule has 1 aliphatic carbocycles. The van der Waals surface area contributed by atoms with Gasteiger partial charge in [0.1, 0.15) is 23.6 Å². The molecule has 0 atom stereocenters. The molecule has 3 aromatic rings. The fourth-order valence-corrected chi connectivity index (χ4v) is 3.90. The van der Waals surface area contributed by atoms with Crippen molar-refractivity contribution in [2.75, 3.05) is 0 Å². The van der Waals surface area contributed by atoms with E-state index < -0.39 is 6.09 Å². The van der Waals surface area contributed by atoms with Gasteiger partial charge in [-0.25, -0.2) is 14.8 Å². The molecule has 186 valence electrons. The van der Waals surface area contributed by atoms with Crippen molar-refractivity contribution in [2.45, 2.75) is 37.8 Å². The first-order valence-corrected chi connectivity index (χ1v) is 11.5. The van der Waals surface area contributed by atoms with Gasteiger partial charge in [0.25, 0.3) is 5.91 Å². The van der Waals surface area contributed by atoms with Crippen LogP contribution in [-0.4, -0.2) is 39.2 Å². The molecule has 37 heavy (non-hydrogen) atoms. The SMILES string of the molecule is N#Cc1ccc(Oc2cc(Oc3ccc(C#N)cn3)cc(C(=O)NC3CCC(NC(=O)O)CC3)c2)nc1. The first-order chi connectivity index (χ1) is 17.9. The Labute approximate surface area is 212 Å². The van der Waals surface area contributed by atoms with E-state index in [0.29, 0.717) is 36.8 Å². The summed E-state index contributed by atoms with van der Waals surface area (Å²) < 4.78 is 11.6. The van der Waals surface area contributed by atoms with Gasteiger partial charge in [-0.3, -0.25) is 4.79 Å². The number of nitrogens with one attached hydrogen (secondary N) is 2. The van der Waals surface area contributed by atoms with E-state index in [4.69, 9.17) is 25.1 Å². The van der Waals surface area contributed by atoms with E-state index in [1.165, 1.54) is 24.5 Å². The number of carbonyl (C=O) groups excluding carboxylic acids is 1. The Hall–Kier alpha value is -5.16. The van der Waals surface area contributed by atoms with Crippen LogP contribution in [0, 0.1) is 22.7 Å². The lowest BCUT2D eigenvalue weighted by Crippen LogP contribution is -2.43. The predicted octanol–water partition coefficient (Wildman–Crippen LogP) is 4.11. The molecule has 0 unspecified atom stereocenters. The number of nitriles is 2. The van der Waals surface area contributed by atoms with Gasteiger partial charge >= 0.3 is 6.09 Å². The normalized spacial score (nSPS) is 16.5. The van der Waals surface area contributed by atoms with Crippen LogP contribution < -0.4 is 20.1 Å². The molecular weight excluding hydrogens is 476 g/mol. The smallest absolute Gasteiger partial charge is 0.404 e. The summed E-state index contributed by atoms with van der Waals surface area (Å²) in [5.41, 5.74) is 1.04. The maximum atomic E-state index is 13.1. The summed E-state index contributed by atoms with van der Waals surface area (Å²) in [7, 11) is 0. The van der Waals surface area contributed by atoms with Crippen LogP contribution in [-0.2, 0) is 0 Å². The van der Waals surface area contributed by atoms with Crippen LogP contribution in [0.4, 0.5) is 4.79 Å². The Balaban J connectivity index is 1.52. The highest BCUT2D eigenvalue weighted by Crippen LogP contribution is 2.30. The molecule has 3 N–H and O–H groups in total. The molecule has 0 spiro atoms. The van der Waals surface area contributed by atoms with Crippen LogP contribution in [0.2, 0.25) is 0 Å². The molecule has 11 nitrogen and oxygen atoms in total. The lowest BCUT2D eigenvalue weighted by atomic mass is 9.91. The van der Waals surface area contributed by atoms with Crippen molar-refractivity contribution in [2.24, 2.45) is 0 Å². The van der Waals surface area contributed by atoms with Crippen molar-refractivity contribution in [3.8, 4) is 35.4 Å². The lowest BCUT2D eigenvalue weighted by Gasteiger charge is -2.29. The number of carbonyl (C=O) groups is 2. The van der Waals surface area contributed by atoms with Gasteiger partial charge in [0.15, 0.2) is 0 Å². The standard InChI is InChI=1S/C26H22N6O5/c27-12-16-1-7-23(29-14-16)36-21-9-18(10-22(11-21)37-24-8-2-17(13-28)15-30-24)25(33)31-19-3-5-20(6-4-19)32-26(34)35/h1-2,7-11,14-15,19-20,32H,3-6H2,(H,31,33)(H,34,35). The zero-order valence-electron chi connectivity index (χ0n) is 19.5. The molecule has 0 aliphatic heterocycles. The molecule has 2 heterocycles. The number of pyridine rings is 2. The molecule has 0 radical (unpaired) electrons. The van der Waals surface area contributed by atoms with Gasteiger partial charge in [0, 0.05) is 48.2 Å². The average molecular weight is 498 g/mol. The topological polar surface area (TPSA) is 170 Å². The van der Waals surface area contributed by atoms with Gasteiger partial charge in [0.2, 0.25) is 11.8 Å². The number of benzene rings is 1. The fraction of sp³-hybridized carbons (Fsp3) is 0.231. The Morgan fingerprint density at radius 1 is 0.811 bits per heavy atom. The number of rotatable bonds is 7. The molecule has 2 amide bonds. The predicted molar refractivity (Wildman–Crippen MR) is 129 cm³/mol. The molecular formula is C26H22N6O5. The molecule has 1 aromatic carbocycles. The van der Waals surface area contributed by atoms with E-state index in [1.54, 1.807) is 30.3 Å². The average Bonchev–Trinajstić information content (AvgIpc) is 2.90. The van der Waals surface area contributed by atoms with Gasteiger partial charge in [-0.1, -0.05) is 0 Å². The third-order valence-electron chi connectivity index (χ3n) is 5.71. The molecule has 1 fully saturated rings. The van der Waals surface area contributed by atoms with E-state index in [0.717, 1.165) is 0 Å². The fourth-order valence-electron chi connectivity index (χ4n) is 3.90. The highest BCUT2D eigenvalue weighted by atomic mass is 16.5. The minimum Gasteiger partial charge on any atom is -0.465 e. The van der Waals surface area contributed by atoms with Crippen LogP contribution in [0.25, 0.3) is 0 Å². The van der Waals surface area contributed by atoms with Gasteiger partial charge in [-0.2, -0.15) is 10.5 Å². The second-order valence-corrected chi connectivity index (χ2v) is 8.36. The van der Waals surface area contributed by atoms with E-state index in [1.807, 2.05) is 12.1 Å². The van der Waals surface area contributed by atoms with Crippen molar-refractivity contribution in [1.29, 1.82) is 10.5 Å². The van der Waals surface area contributed by atoms with Crippen molar-refractivity contribution in [3.05, 3.63) is 71.5 Å². The maximum absolute atomic E-state index is 13.1. The van der Waals surface area contributed by atoms with Crippen LogP contribution in [0.5, 0.6) is 23.3 Å². The van der Waals surface area contributed by atoms with Gasteiger partial charge in [-0.15, -0.1) is 0 Å². The van der Waals surface area contributed by atoms with Gasteiger partial charge < -0.3 is 25.2 Å². The zero-order chi connectivity index (χ0) is 26.2. The first-order valence-electron chi connectivity index (χ1n) is 11.5. The third-order valence-corrected chi connectivity index (χ3v) is 5.71. The van der Waals surface area contributed by atoms with Crippen molar-refractivity contribution in [3.63, 3.8) is 0 Å². The second kappa shape index (κ2) is 11.5. The number of hydrogen-bond donors (Lipinski definition) is 3. The van der Waals surface area contributed by atoms with Gasteiger partial charge in [0.05, 0.1) is 11.1 Å². The summed E-state index contributed by atoms with van der Waals surface area (Å²) in [4.78, 5) is 32.2. The largest absolute Gasteiger partial charge is 0.465 e. The molecule has 1 aliphatic rings. The van der Waals surface area contributed by atoms with Crippen LogP contribution >= 0.6 is 0 Å². The highest BCUT2D eigenvalue weighted by Gasteiger charge is 2.24. The molecule has 0 bridgehead atoms. The summed E-state index contributed by atoms with van der Waals surface area (Å²) in [5, 5.41) is 32.3. The van der Waals surface area contributed by atoms with Crippen LogP contribution in [0.3, 0.4) is 0 Å². The van der Waals surface area contributed by atoms with Crippen LogP contribution in [0.1, 0.15) is 47.2 Å². The number of hydrogen-bond acceptors (Lipinski definition) is 8. The maximum Gasteiger partial charge on any atom is 0.404 e. The molecule has 2 aromatic heterocycles. The Morgan fingerprint density at radius 2 is 1.30 bits per heavy atom. The van der Waals surface area contributed by atoms with Crippen molar-refractivity contribution >= 4 is 12.0 Å². The highest BCUT2D eigenvalue weighted by molar-refractivity contribution is 5.95. The Morgan fingerprint density at radius 3 is 1.70 bits per heavy atom. The Kier molecular flexibility index (Phi) is 7.76. The zero-order valence-corrected chi connectivity index (χ0v) is 19.5. The van der Waals surface area contributed by atoms with E-state index >= 15 is 0 Å². The monoisotopic (exact) mass is 498 g/mol. The van der Waals surface area contributed by atoms with Crippen LogP contribution in [0.15, 0.2) is 54.9 Å². The van der Waals surface area contributed by atoms with Crippen molar-refractivity contribution in [1.82, 2.24) is 20.6 Å². The summed E-state index contributed by atoms with van der Waals surface area (Å²) in [6.45, 7) is 0. The minimum atomic E-state index is -1.05. The molecule has 0 saturated heterocycles. The van der Waals surface area contributed by atoms with E-state index in [2.05, 4.69) is 20.6 Å². The molecule has 11 heteroatoms. The minimum absolute atomic E-state index is 0.103. The molecule has 1 saturated carbocycles. The second-order valence-electron chi connectivity index (χ2n) is 8.36.